The van der Waals surface area contributed by atoms with Gasteiger partial charge in [-0.15, -0.1) is 9.24 Å². The van der Waals surface area contributed by atoms with Gasteiger partial charge in [0.15, 0.2) is 11.9 Å². The fourth-order valence-electron chi connectivity index (χ4n) is 4.52. The van der Waals surface area contributed by atoms with Gasteiger partial charge in [-0.1, -0.05) is 19.1 Å². The molecule has 8 heteroatoms. The van der Waals surface area contributed by atoms with Crippen LogP contribution in [0.15, 0.2) is 12.1 Å². The Hall–Kier alpha value is -2.45. The minimum absolute atomic E-state index is 0.0476. The van der Waals surface area contributed by atoms with Gasteiger partial charge in [0.05, 0.1) is 12.2 Å². The van der Waals surface area contributed by atoms with Crippen LogP contribution in [-0.4, -0.2) is 45.5 Å². The summed E-state index contributed by atoms with van der Waals surface area (Å²) in [7, 11) is 2.46. The van der Waals surface area contributed by atoms with Crippen molar-refractivity contribution in [2.24, 2.45) is 0 Å². The number of nitrogens with one attached hydrogen (secondary N) is 1. The minimum atomic E-state index is -0.122. The van der Waals surface area contributed by atoms with Crippen molar-refractivity contribution in [1.29, 1.82) is 5.26 Å². The molecule has 1 fully saturated rings. The third-order valence-corrected chi connectivity index (χ3v) is 6.61. The lowest BCUT2D eigenvalue weighted by Gasteiger charge is -2.33. The first-order chi connectivity index (χ1) is 14.0. The number of fused-ring (bicyclic) bond motifs is 1. The lowest BCUT2D eigenvalue weighted by molar-refractivity contribution is 0.0705. The molecule has 1 aromatic carbocycles. The van der Waals surface area contributed by atoms with Gasteiger partial charge in [0.25, 0.3) is 5.91 Å². The number of amides is 1. The molecule has 29 heavy (non-hydrogen) atoms. The minimum Gasteiger partial charge on any atom is -0.337 e. The number of hydrogen-bond acceptors (Lipinski definition) is 4. The molecular weight excluding hydrogens is 388 g/mol. The summed E-state index contributed by atoms with van der Waals surface area (Å²) in [6.45, 7) is 4.36. The van der Waals surface area contributed by atoms with Crippen LogP contribution in [0.3, 0.4) is 0 Å². The van der Waals surface area contributed by atoms with Crippen LogP contribution >= 0.6 is 9.24 Å². The van der Waals surface area contributed by atoms with Crippen LogP contribution in [0.1, 0.15) is 58.6 Å². The number of benzene rings is 1. The molecule has 1 amide bonds. The summed E-state index contributed by atoms with van der Waals surface area (Å²) in [5.41, 5.74) is 4.16. The molecule has 152 valence electrons. The van der Waals surface area contributed by atoms with E-state index in [-0.39, 0.29) is 17.6 Å². The number of nitriles is 1. The zero-order chi connectivity index (χ0) is 20.5. The van der Waals surface area contributed by atoms with Crippen molar-refractivity contribution in [3.63, 3.8) is 0 Å². The van der Waals surface area contributed by atoms with Crippen LogP contribution in [0.25, 0.3) is 0 Å². The Balaban J connectivity index is 1.46. The van der Waals surface area contributed by atoms with Crippen LogP contribution in [0.4, 0.5) is 4.39 Å². The third kappa shape index (κ3) is 3.62. The van der Waals surface area contributed by atoms with Crippen molar-refractivity contribution in [2.45, 2.75) is 45.1 Å². The standard InChI is InChI=1S/C21H25FN5OP/c1-2-14-15(3-4-18(29)19(14)22)13-5-9-27(10-6-13)21(28)20-16-7-8-26(12-23)11-17(16)24-25-20/h3-4,13H,2,5-11,29H2,1H3,(H,24,25). The van der Waals surface area contributed by atoms with Gasteiger partial charge in [-0.25, -0.2) is 4.39 Å². The zero-order valence-corrected chi connectivity index (χ0v) is 17.7. The molecule has 0 spiro atoms. The van der Waals surface area contributed by atoms with Gasteiger partial charge in [-0.05, 0) is 42.7 Å². The van der Waals surface area contributed by atoms with Crippen LogP contribution in [-0.2, 0) is 19.4 Å². The average molecular weight is 413 g/mol. The number of hydrogen-bond donors (Lipinski definition) is 1. The molecular formula is C21H25FN5OP. The van der Waals surface area contributed by atoms with Gasteiger partial charge in [0, 0.05) is 30.5 Å². The second kappa shape index (κ2) is 8.12. The fourth-order valence-corrected chi connectivity index (χ4v) is 4.79. The molecule has 3 heterocycles. The summed E-state index contributed by atoms with van der Waals surface area (Å²) in [5, 5.41) is 16.9. The molecule has 0 bridgehead atoms. The van der Waals surface area contributed by atoms with Crippen molar-refractivity contribution in [1.82, 2.24) is 20.0 Å². The molecule has 4 rings (SSSR count). The Bertz CT molecular complexity index is 974. The Morgan fingerprint density at radius 2 is 2.14 bits per heavy atom. The van der Waals surface area contributed by atoms with Crippen molar-refractivity contribution in [3.05, 3.63) is 46.0 Å². The normalized spacial score (nSPS) is 17.2. The number of likely N-dealkylation sites (tertiary alicyclic amines) is 1. The molecule has 2 aliphatic heterocycles. The van der Waals surface area contributed by atoms with Crippen LogP contribution in [0.5, 0.6) is 0 Å². The fraction of sp³-hybridized carbons (Fsp3) is 0.476. The van der Waals surface area contributed by atoms with E-state index >= 15 is 0 Å². The maximum atomic E-state index is 14.5. The zero-order valence-electron chi connectivity index (χ0n) is 16.5. The molecule has 0 radical (unpaired) electrons. The van der Waals surface area contributed by atoms with E-state index in [9.17, 15) is 9.18 Å². The highest BCUT2D eigenvalue weighted by molar-refractivity contribution is 7.27. The van der Waals surface area contributed by atoms with Gasteiger partial charge in [0.1, 0.15) is 5.82 Å². The van der Waals surface area contributed by atoms with E-state index in [2.05, 4.69) is 25.6 Å². The van der Waals surface area contributed by atoms with Gasteiger partial charge >= 0.3 is 0 Å². The first kappa shape index (κ1) is 19.8. The summed E-state index contributed by atoms with van der Waals surface area (Å²) >= 11 is 0. The van der Waals surface area contributed by atoms with Gasteiger partial charge in [-0.2, -0.15) is 10.4 Å². The predicted octanol–water partition coefficient (Wildman–Crippen LogP) is 2.47. The summed E-state index contributed by atoms with van der Waals surface area (Å²) < 4.78 is 14.5. The number of aromatic amines is 1. The smallest absolute Gasteiger partial charge is 0.274 e. The Kier molecular flexibility index (Phi) is 5.56. The Labute approximate surface area is 172 Å². The number of nitrogens with zero attached hydrogens (tertiary/aromatic N) is 4. The van der Waals surface area contributed by atoms with Gasteiger partial charge in [-0.3, -0.25) is 9.89 Å². The van der Waals surface area contributed by atoms with Crippen LogP contribution in [0.2, 0.25) is 0 Å². The third-order valence-electron chi connectivity index (χ3n) is 6.16. The molecule has 0 aliphatic carbocycles. The second-order valence-electron chi connectivity index (χ2n) is 7.76. The highest BCUT2D eigenvalue weighted by Crippen LogP contribution is 2.32. The summed E-state index contributed by atoms with van der Waals surface area (Å²) in [4.78, 5) is 16.6. The quantitative estimate of drug-likeness (QED) is 0.620. The number of carbonyl (C=O) groups excluding carboxylic acids is 1. The van der Waals surface area contributed by atoms with Crippen molar-refractivity contribution >= 4 is 20.5 Å². The first-order valence-corrected chi connectivity index (χ1v) is 10.7. The monoisotopic (exact) mass is 413 g/mol. The van der Waals surface area contributed by atoms with E-state index < -0.39 is 0 Å². The highest BCUT2D eigenvalue weighted by atomic mass is 31.0. The van der Waals surface area contributed by atoms with E-state index in [0.29, 0.717) is 50.0 Å². The first-order valence-electron chi connectivity index (χ1n) is 10.1. The van der Waals surface area contributed by atoms with E-state index in [1.165, 1.54) is 0 Å². The number of halogens is 1. The van der Waals surface area contributed by atoms with Crippen LogP contribution < -0.4 is 5.30 Å². The summed E-state index contributed by atoms with van der Waals surface area (Å²) in [5.74, 6) is 0.100. The molecule has 2 aromatic rings. The Morgan fingerprint density at radius 1 is 1.38 bits per heavy atom. The molecule has 2 aliphatic rings. The van der Waals surface area contributed by atoms with E-state index in [0.717, 1.165) is 35.2 Å². The SMILES string of the molecule is CCc1c(C2CCN(C(=O)c3n[nH]c4c3CCN(C#N)C4)CC2)ccc(P)c1F. The molecule has 6 nitrogen and oxygen atoms in total. The molecule has 1 N–H and O–H groups in total. The average Bonchev–Trinajstić information content (AvgIpc) is 3.18. The van der Waals surface area contributed by atoms with E-state index in [1.807, 2.05) is 24.0 Å². The van der Waals surface area contributed by atoms with Crippen molar-refractivity contribution in [3.8, 4) is 6.19 Å². The van der Waals surface area contributed by atoms with Gasteiger partial charge < -0.3 is 9.80 Å². The molecule has 1 unspecified atom stereocenters. The maximum absolute atomic E-state index is 14.5. The summed E-state index contributed by atoms with van der Waals surface area (Å²) in [6, 6.07) is 3.87. The molecule has 1 atom stereocenters. The van der Waals surface area contributed by atoms with Gasteiger partial charge in [0.2, 0.25) is 0 Å². The predicted molar refractivity (Wildman–Crippen MR) is 111 cm³/mol. The largest absolute Gasteiger partial charge is 0.337 e. The van der Waals surface area contributed by atoms with Crippen molar-refractivity contribution < 1.29 is 9.18 Å². The Morgan fingerprint density at radius 3 is 2.83 bits per heavy atom. The van der Waals surface area contributed by atoms with E-state index in [4.69, 9.17) is 5.26 Å². The number of aromatic nitrogens is 2. The number of piperidine rings is 1. The van der Waals surface area contributed by atoms with Crippen LogP contribution in [0, 0.1) is 17.3 Å². The lowest BCUT2D eigenvalue weighted by atomic mass is 9.85. The molecule has 1 saturated heterocycles. The lowest BCUT2D eigenvalue weighted by Crippen LogP contribution is -2.39. The topological polar surface area (TPSA) is 76.0 Å². The number of carbonyl (C=O) groups is 1. The van der Waals surface area contributed by atoms with E-state index in [1.54, 1.807) is 4.90 Å². The highest BCUT2D eigenvalue weighted by Gasteiger charge is 2.31. The van der Waals surface area contributed by atoms with Crippen molar-refractivity contribution in [2.75, 3.05) is 19.6 Å². The summed E-state index contributed by atoms with van der Waals surface area (Å²) in [6.07, 6.45) is 5.11. The maximum Gasteiger partial charge on any atom is 0.274 e. The number of rotatable bonds is 3. The molecule has 1 aromatic heterocycles. The molecule has 0 saturated carbocycles. The number of H-pyrrole nitrogens is 1. The second-order valence-corrected chi connectivity index (χ2v) is 8.38.